The van der Waals surface area contributed by atoms with Crippen molar-refractivity contribution in [3.8, 4) is 5.75 Å². The largest absolute Gasteiger partial charge is 0.496 e. The maximum atomic E-state index is 11.8. The van der Waals surface area contributed by atoms with Gasteiger partial charge in [-0.2, -0.15) is 13.2 Å². The Labute approximate surface area is 104 Å². The van der Waals surface area contributed by atoms with E-state index in [1.807, 2.05) is 0 Å². The topological polar surface area (TPSA) is 44.5 Å². The van der Waals surface area contributed by atoms with Gasteiger partial charge in [-0.25, -0.2) is 0 Å². The van der Waals surface area contributed by atoms with Crippen LogP contribution in [-0.4, -0.2) is 26.5 Å². The molecule has 1 rings (SSSR count). The Morgan fingerprint density at radius 2 is 1.94 bits per heavy atom. The lowest BCUT2D eigenvalue weighted by atomic mass is 10.0. The molecule has 18 heavy (non-hydrogen) atoms. The van der Waals surface area contributed by atoms with E-state index in [0.717, 1.165) is 5.56 Å². The minimum atomic E-state index is -4.30. The molecular formula is C12H16F3NO2. The number of hydrogen-bond acceptors (Lipinski definition) is 3. The maximum absolute atomic E-state index is 11.8. The van der Waals surface area contributed by atoms with Crippen LogP contribution in [0.5, 0.6) is 5.75 Å². The first-order valence-electron chi connectivity index (χ1n) is 5.47. The molecule has 2 N–H and O–H groups in total. The van der Waals surface area contributed by atoms with Crippen LogP contribution in [0.4, 0.5) is 13.2 Å². The fourth-order valence-corrected chi connectivity index (χ4v) is 1.53. The van der Waals surface area contributed by atoms with Gasteiger partial charge in [-0.3, -0.25) is 0 Å². The summed E-state index contributed by atoms with van der Waals surface area (Å²) >= 11 is 0. The fourth-order valence-electron chi connectivity index (χ4n) is 1.53. The Hall–Kier alpha value is -1.27. The van der Waals surface area contributed by atoms with Crippen molar-refractivity contribution in [2.24, 2.45) is 5.73 Å². The molecule has 0 bridgehead atoms. The number of hydrogen-bond donors (Lipinski definition) is 1. The summed E-state index contributed by atoms with van der Waals surface area (Å²) in [5, 5.41) is 0. The molecule has 0 fully saturated rings. The maximum Gasteiger partial charge on any atom is 0.411 e. The van der Waals surface area contributed by atoms with Crippen LogP contribution >= 0.6 is 0 Å². The Balaban J connectivity index is 2.43. The fraction of sp³-hybridized carbons (Fsp3) is 0.500. The van der Waals surface area contributed by atoms with E-state index in [0.29, 0.717) is 12.2 Å². The highest BCUT2D eigenvalue weighted by atomic mass is 19.4. The Morgan fingerprint density at radius 1 is 1.28 bits per heavy atom. The molecule has 102 valence electrons. The number of alkyl halides is 3. The predicted octanol–water partition coefficient (Wildman–Crippen LogP) is 2.66. The normalized spacial score (nSPS) is 13.4. The van der Waals surface area contributed by atoms with E-state index in [4.69, 9.17) is 10.5 Å². The van der Waals surface area contributed by atoms with Gasteiger partial charge in [0.25, 0.3) is 0 Å². The lowest BCUT2D eigenvalue weighted by Crippen LogP contribution is -2.20. The van der Waals surface area contributed by atoms with Gasteiger partial charge in [-0.05, 0) is 12.5 Å². The molecule has 0 aromatic heterocycles. The van der Waals surface area contributed by atoms with E-state index >= 15 is 0 Å². The predicted molar refractivity (Wildman–Crippen MR) is 61.4 cm³/mol. The van der Waals surface area contributed by atoms with Gasteiger partial charge in [0.2, 0.25) is 0 Å². The highest BCUT2D eigenvalue weighted by Crippen LogP contribution is 2.25. The molecule has 1 atom stereocenters. The summed E-state index contributed by atoms with van der Waals surface area (Å²) in [5.74, 6) is 0.626. The zero-order valence-corrected chi connectivity index (χ0v) is 10.0. The van der Waals surface area contributed by atoms with Gasteiger partial charge >= 0.3 is 6.18 Å². The second-order valence-electron chi connectivity index (χ2n) is 3.80. The van der Waals surface area contributed by atoms with Crippen LogP contribution in [0.3, 0.4) is 0 Å². The first-order chi connectivity index (χ1) is 8.44. The van der Waals surface area contributed by atoms with E-state index in [2.05, 4.69) is 4.74 Å². The van der Waals surface area contributed by atoms with Crippen molar-refractivity contribution in [3.63, 3.8) is 0 Å². The van der Waals surface area contributed by atoms with Crippen molar-refractivity contribution >= 4 is 0 Å². The van der Waals surface area contributed by atoms with E-state index in [1.54, 1.807) is 24.3 Å². The second kappa shape index (κ2) is 6.61. The number of benzene rings is 1. The van der Waals surface area contributed by atoms with Gasteiger partial charge in [0, 0.05) is 18.2 Å². The molecular weight excluding hydrogens is 247 g/mol. The van der Waals surface area contributed by atoms with Crippen molar-refractivity contribution in [1.82, 2.24) is 0 Å². The third kappa shape index (κ3) is 4.93. The van der Waals surface area contributed by atoms with Crippen LogP contribution < -0.4 is 10.5 Å². The Morgan fingerprint density at radius 3 is 2.56 bits per heavy atom. The summed E-state index contributed by atoms with van der Waals surface area (Å²) in [4.78, 5) is 0. The summed E-state index contributed by atoms with van der Waals surface area (Å²) in [7, 11) is 1.52. The van der Waals surface area contributed by atoms with Gasteiger partial charge in [-0.15, -0.1) is 0 Å². The number of nitrogens with two attached hydrogens (primary N) is 1. The summed E-state index contributed by atoms with van der Waals surface area (Å²) in [6.07, 6.45) is -4.00. The van der Waals surface area contributed by atoms with Gasteiger partial charge in [-0.1, -0.05) is 18.2 Å². The number of methoxy groups -OCH3 is 1. The van der Waals surface area contributed by atoms with Gasteiger partial charge in [0.05, 0.1) is 7.11 Å². The summed E-state index contributed by atoms with van der Waals surface area (Å²) in [5.41, 5.74) is 6.64. The summed E-state index contributed by atoms with van der Waals surface area (Å²) in [6.45, 7) is -1.29. The van der Waals surface area contributed by atoms with Gasteiger partial charge in [0.15, 0.2) is 0 Å². The third-order valence-electron chi connectivity index (χ3n) is 2.38. The highest BCUT2D eigenvalue weighted by Gasteiger charge is 2.27. The van der Waals surface area contributed by atoms with E-state index in [9.17, 15) is 13.2 Å². The first kappa shape index (κ1) is 14.8. The van der Waals surface area contributed by atoms with Crippen LogP contribution in [0.25, 0.3) is 0 Å². The molecule has 0 saturated carbocycles. The minimum Gasteiger partial charge on any atom is -0.496 e. The zero-order valence-electron chi connectivity index (χ0n) is 10.0. The molecule has 0 aliphatic heterocycles. The van der Waals surface area contributed by atoms with Gasteiger partial charge < -0.3 is 15.2 Å². The van der Waals surface area contributed by atoms with Crippen LogP contribution in [-0.2, 0) is 4.74 Å². The molecule has 0 amide bonds. The SMILES string of the molecule is COc1ccccc1C(N)CCOCC(F)(F)F. The van der Waals surface area contributed by atoms with E-state index in [1.165, 1.54) is 7.11 Å². The van der Waals surface area contributed by atoms with Crippen molar-refractivity contribution < 1.29 is 22.6 Å². The second-order valence-corrected chi connectivity index (χ2v) is 3.80. The van der Waals surface area contributed by atoms with Crippen LogP contribution in [0.15, 0.2) is 24.3 Å². The standard InChI is InChI=1S/C12H16F3NO2/c1-17-11-5-3-2-4-9(11)10(16)6-7-18-8-12(13,14)15/h2-5,10H,6-8,16H2,1H3. The molecule has 6 heteroatoms. The average Bonchev–Trinajstić information content (AvgIpc) is 2.33. The van der Waals surface area contributed by atoms with Crippen molar-refractivity contribution in [3.05, 3.63) is 29.8 Å². The summed E-state index contributed by atoms with van der Waals surface area (Å²) in [6, 6.07) is 6.73. The minimum absolute atomic E-state index is 0.0429. The zero-order chi connectivity index (χ0) is 13.6. The van der Waals surface area contributed by atoms with E-state index < -0.39 is 18.8 Å². The molecule has 1 aromatic carbocycles. The monoisotopic (exact) mass is 263 g/mol. The highest BCUT2D eigenvalue weighted by molar-refractivity contribution is 5.35. The molecule has 0 aliphatic rings. The molecule has 0 heterocycles. The van der Waals surface area contributed by atoms with Crippen molar-refractivity contribution in [2.45, 2.75) is 18.6 Å². The van der Waals surface area contributed by atoms with Crippen LogP contribution in [0.1, 0.15) is 18.0 Å². The Kier molecular flexibility index (Phi) is 5.43. The Bertz CT molecular complexity index is 369. The number of para-hydroxylation sites is 1. The van der Waals surface area contributed by atoms with Crippen LogP contribution in [0, 0.1) is 0 Å². The molecule has 3 nitrogen and oxygen atoms in total. The third-order valence-corrected chi connectivity index (χ3v) is 2.38. The van der Waals surface area contributed by atoms with Crippen molar-refractivity contribution in [1.29, 1.82) is 0 Å². The molecule has 1 aromatic rings. The number of ether oxygens (including phenoxy) is 2. The smallest absolute Gasteiger partial charge is 0.411 e. The average molecular weight is 263 g/mol. The molecule has 0 aliphatic carbocycles. The summed E-state index contributed by atoms with van der Waals surface area (Å²) < 4.78 is 45.2. The number of halogens is 3. The lowest BCUT2D eigenvalue weighted by Gasteiger charge is -2.16. The molecule has 1 unspecified atom stereocenters. The first-order valence-corrected chi connectivity index (χ1v) is 5.47. The number of rotatable bonds is 6. The van der Waals surface area contributed by atoms with Crippen LogP contribution in [0.2, 0.25) is 0 Å². The molecule has 0 saturated heterocycles. The lowest BCUT2D eigenvalue weighted by molar-refractivity contribution is -0.174. The van der Waals surface area contributed by atoms with Crippen molar-refractivity contribution in [2.75, 3.05) is 20.3 Å². The molecule has 0 radical (unpaired) electrons. The quantitative estimate of drug-likeness (QED) is 0.802. The van der Waals surface area contributed by atoms with Gasteiger partial charge in [0.1, 0.15) is 12.4 Å². The molecule has 0 spiro atoms. The van der Waals surface area contributed by atoms with E-state index in [-0.39, 0.29) is 6.61 Å².